The quantitative estimate of drug-likeness (QED) is 0.698. The van der Waals surface area contributed by atoms with E-state index in [2.05, 4.69) is 10.0 Å². The maximum atomic E-state index is 12.5. The zero-order chi connectivity index (χ0) is 21.0. The summed E-state index contributed by atoms with van der Waals surface area (Å²) in [6.45, 7) is 4.27. The second kappa shape index (κ2) is 9.15. The minimum atomic E-state index is -3.36. The Kier molecular flexibility index (Phi) is 6.82. The number of carbonyl (C=O) groups excluding carboxylic acids is 1. The van der Waals surface area contributed by atoms with Crippen LogP contribution in [0, 0.1) is 5.92 Å². The molecule has 1 aliphatic heterocycles. The molecule has 8 heteroatoms. The number of amides is 1. The van der Waals surface area contributed by atoms with Crippen molar-refractivity contribution in [2.75, 3.05) is 6.61 Å². The minimum Gasteiger partial charge on any atom is -0.492 e. The van der Waals surface area contributed by atoms with E-state index in [1.165, 1.54) is 0 Å². The van der Waals surface area contributed by atoms with Crippen LogP contribution in [-0.2, 0) is 33.5 Å². The summed E-state index contributed by atoms with van der Waals surface area (Å²) in [7, 11) is -3.36. The second-order valence-electron chi connectivity index (χ2n) is 7.53. The molecule has 2 aromatic rings. The molecule has 0 aromatic heterocycles. The van der Waals surface area contributed by atoms with Gasteiger partial charge in [-0.25, -0.2) is 13.1 Å². The molecule has 1 amide bonds. The van der Waals surface area contributed by atoms with Gasteiger partial charge < -0.3 is 10.1 Å². The van der Waals surface area contributed by atoms with Gasteiger partial charge in [-0.05, 0) is 55.2 Å². The van der Waals surface area contributed by atoms with E-state index in [1.54, 1.807) is 32.0 Å². The Morgan fingerprint density at radius 1 is 1.17 bits per heavy atom. The van der Waals surface area contributed by atoms with Gasteiger partial charge in [0, 0.05) is 17.6 Å². The molecule has 2 aromatic carbocycles. The van der Waals surface area contributed by atoms with E-state index in [-0.39, 0.29) is 23.6 Å². The molecule has 3 rings (SSSR count). The van der Waals surface area contributed by atoms with Gasteiger partial charge in [-0.15, -0.1) is 0 Å². The van der Waals surface area contributed by atoms with Crippen LogP contribution in [0.2, 0.25) is 5.02 Å². The van der Waals surface area contributed by atoms with Crippen molar-refractivity contribution in [1.29, 1.82) is 0 Å². The zero-order valence-electron chi connectivity index (χ0n) is 16.4. The SMILES string of the molecule is CC(C)NS(=O)(=O)Cc1ccc(CNC(=O)[C@H]2COc3ccc(Cl)cc3C2)cc1. The Bertz CT molecular complexity index is 975. The third-order valence-electron chi connectivity index (χ3n) is 4.56. The molecule has 0 radical (unpaired) electrons. The number of benzene rings is 2. The molecule has 156 valence electrons. The molecule has 29 heavy (non-hydrogen) atoms. The molecular weight excluding hydrogens is 412 g/mol. The first-order chi connectivity index (χ1) is 13.7. The van der Waals surface area contributed by atoms with E-state index in [4.69, 9.17) is 16.3 Å². The Labute approximate surface area is 176 Å². The lowest BCUT2D eigenvalue weighted by atomic mass is 9.96. The largest absolute Gasteiger partial charge is 0.492 e. The number of fused-ring (bicyclic) bond motifs is 1. The summed E-state index contributed by atoms with van der Waals surface area (Å²) in [4.78, 5) is 12.5. The Morgan fingerprint density at radius 2 is 1.86 bits per heavy atom. The number of nitrogens with one attached hydrogen (secondary N) is 2. The molecule has 6 nitrogen and oxygen atoms in total. The number of carbonyl (C=O) groups is 1. The molecule has 0 bridgehead atoms. The predicted molar refractivity (Wildman–Crippen MR) is 113 cm³/mol. The first-order valence-corrected chi connectivity index (χ1v) is 11.5. The van der Waals surface area contributed by atoms with Gasteiger partial charge in [-0.3, -0.25) is 4.79 Å². The first-order valence-electron chi connectivity index (χ1n) is 9.48. The van der Waals surface area contributed by atoms with Gasteiger partial charge in [0.05, 0.1) is 11.7 Å². The molecule has 1 atom stereocenters. The maximum Gasteiger partial charge on any atom is 0.227 e. The number of sulfonamides is 1. The number of rotatable bonds is 7. The van der Waals surface area contributed by atoms with Crippen molar-refractivity contribution in [2.24, 2.45) is 5.92 Å². The Morgan fingerprint density at radius 3 is 2.55 bits per heavy atom. The van der Waals surface area contributed by atoms with Gasteiger partial charge in [0.15, 0.2) is 0 Å². The molecule has 0 spiro atoms. The summed E-state index contributed by atoms with van der Waals surface area (Å²) >= 11 is 6.02. The molecule has 0 saturated heterocycles. The van der Waals surface area contributed by atoms with Gasteiger partial charge in [-0.1, -0.05) is 35.9 Å². The van der Waals surface area contributed by atoms with Crippen LogP contribution < -0.4 is 14.8 Å². The van der Waals surface area contributed by atoms with E-state index < -0.39 is 10.0 Å². The van der Waals surface area contributed by atoms with E-state index in [0.29, 0.717) is 30.2 Å². The molecule has 0 aliphatic carbocycles. The smallest absolute Gasteiger partial charge is 0.227 e. The van der Waals surface area contributed by atoms with Gasteiger partial charge in [-0.2, -0.15) is 0 Å². The summed E-state index contributed by atoms with van der Waals surface area (Å²) in [5.41, 5.74) is 2.53. The van der Waals surface area contributed by atoms with E-state index in [1.807, 2.05) is 24.3 Å². The average Bonchev–Trinajstić information content (AvgIpc) is 2.65. The van der Waals surface area contributed by atoms with E-state index >= 15 is 0 Å². The van der Waals surface area contributed by atoms with Crippen molar-refractivity contribution in [3.63, 3.8) is 0 Å². The zero-order valence-corrected chi connectivity index (χ0v) is 18.0. The lowest BCUT2D eigenvalue weighted by Gasteiger charge is -2.24. The topological polar surface area (TPSA) is 84.5 Å². The minimum absolute atomic E-state index is 0.0702. The van der Waals surface area contributed by atoms with Crippen molar-refractivity contribution < 1.29 is 17.9 Å². The molecule has 0 saturated carbocycles. The number of ether oxygens (including phenoxy) is 1. The second-order valence-corrected chi connectivity index (χ2v) is 9.72. The summed E-state index contributed by atoms with van der Waals surface area (Å²) in [5.74, 6) is 0.353. The van der Waals surface area contributed by atoms with Crippen molar-refractivity contribution in [2.45, 2.75) is 38.6 Å². The first kappa shape index (κ1) is 21.6. The standard InChI is InChI=1S/C21H25ClN2O4S/c1-14(2)24-29(26,27)13-16-5-3-15(4-6-16)11-23-21(25)18-9-17-10-19(22)7-8-20(17)28-12-18/h3-8,10,14,18,24H,9,11-13H2,1-2H3,(H,23,25)/t18-/m1/s1. The summed E-state index contributed by atoms with van der Waals surface area (Å²) in [6.07, 6.45) is 0.585. The fraction of sp³-hybridized carbons (Fsp3) is 0.381. The van der Waals surface area contributed by atoms with Crippen LogP contribution in [0.5, 0.6) is 5.75 Å². The molecule has 1 aliphatic rings. The Balaban J connectivity index is 1.53. The van der Waals surface area contributed by atoms with Crippen molar-refractivity contribution in [1.82, 2.24) is 10.0 Å². The van der Waals surface area contributed by atoms with Crippen molar-refractivity contribution in [3.05, 3.63) is 64.2 Å². The number of halogens is 1. The average molecular weight is 437 g/mol. The highest BCUT2D eigenvalue weighted by Crippen LogP contribution is 2.29. The van der Waals surface area contributed by atoms with Gasteiger partial charge in [0.25, 0.3) is 0 Å². The Hall–Kier alpha value is -2.09. The highest BCUT2D eigenvalue weighted by Gasteiger charge is 2.26. The van der Waals surface area contributed by atoms with Crippen LogP contribution in [0.25, 0.3) is 0 Å². The molecule has 0 fully saturated rings. The third kappa shape index (κ3) is 6.19. The maximum absolute atomic E-state index is 12.5. The number of hydrogen-bond donors (Lipinski definition) is 2. The van der Waals surface area contributed by atoms with Gasteiger partial charge >= 0.3 is 0 Å². The van der Waals surface area contributed by atoms with Crippen LogP contribution in [0.1, 0.15) is 30.5 Å². The lowest BCUT2D eigenvalue weighted by Crippen LogP contribution is -2.37. The molecule has 2 N–H and O–H groups in total. The summed E-state index contributed by atoms with van der Waals surface area (Å²) in [5, 5.41) is 3.55. The molecular formula is C21H25ClN2O4S. The normalized spacial score (nSPS) is 16.2. The van der Waals surface area contributed by atoms with Crippen LogP contribution in [-0.4, -0.2) is 27.0 Å². The fourth-order valence-corrected chi connectivity index (χ4v) is 4.87. The van der Waals surface area contributed by atoms with Crippen molar-refractivity contribution in [3.8, 4) is 5.75 Å². The van der Waals surface area contributed by atoms with Crippen LogP contribution in [0.3, 0.4) is 0 Å². The van der Waals surface area contributed by atoms with E-state index in [9.17, 15) is 13.2 Å². The predicted octanol–water partition coefficient (Wildman–Crippen LogP) is 3.04. The van der Waals surface area contributed by atoms with Crippen LogP contribution >= 0.6 is 11.6 Å². The van der Waals surface area contributed by atoms with Gasteiger partial charge in [0.2, 0.25) is 15.9 Å². The van der Waals surface area contributed by atoms with Crippen LogP contribution in [0.4, 0.5) is 0 Å². The molecule has 1 heterocycles. The van der Waals surface area contributed by atoms with E-state index in [0.717, 1.165) is 16.9 Å². The van der Waals surface area contributed by atoms with Crippen LogP contribution in [0.15, 0.2) is 42.5 Å². The summed E-state index contributed by atoms with van der Waals surface area (Å²) in [6, 6.07) is 12.5. The number of hydrogen-bond acceptors (Lipinski definition) is 4. The van der Waals surface area contributed by atoms with Crippen molar-refractivity contribution >= 4 is 27.5 Å². The summed E-state index contributed by atoms with van der Waals surface area (Å²) < 4.78 is 32.2. The lowest BCUT2D eigenvalue weighted by molar-refractivity contribution is -0.126. The highest BCUT2D eigenvalue weighted by molar-refractivity contribution is 7.88. The van der Waals surface area contributed by atoms with Gasteiger partial charge in [0.1, 0.15) is 12.4 Å². The highest BCUT2D eigenvalue weighted by atomic mass is 35.5. The molecule has 0 unspecified atom stereocenters. The third-order valence-corrected chi connectivity index (χ3v) is 6.34. The monoisotopic (exact) mass is 436 g/mol. The fourth-order valence-electron chi connectivity index (χ4n) is 3.24.